The molecule has 18 heavy (non-hydrogen) atoms. The van der Waals surface area contributed by atoms with Crippen molar-refractivity contribution in [2.24, 2.45) is 0 Å². The Morgan fingerprint density at radius 2 is 1.94 bits per heavy atom. The lowest BCUT2D eigenvalue weighted by atomic mass is 10.2. The molecular formula is C14H15NO2S. The summed E-state index contributed by atoms with van der Waals surface area (Å²) < 4.78 is 0. The van der Waals surface area contributed by atoms with Crippen LogP contribution in [0, 0.1) is 0 Å². The summed E-state index contributed by atoms with van der Waals surface area (Å²) in [7, 11) is 0. The van der Waals surface area contributed by atoms with Crippen LogP contribution in [0.5, 0.6) is 0 Å². The second-order valence-electron chi connectivity index (χ2n) is 3.98. The van der Waals surface area contributed by atoms with Crippen molar-refractivity contribution in [3.05, 3.63) is 52.7 Å². The number of hydrogen-bond acceptors (Lipinski definition) is 3. The van der Waals surface area contributed by atoms with E-state index < -0.39 is 5.97 Å². The van der Waals surface area contributed by atoms with Crippen molar-refractivity contribution in [1.82, 2.24) is 0 Å². The third-order valence-electron chi connectivity index (χ3n) is 2.64. The smallest absolute Gasteiger partial charge is 0.305 e. The van der Waals surface area contributed by atoms with Crippen LogP contribution >= 0.6 is 11.3 Å². The second-order valence-corrected chi connectivity index (χ2v) is 5.01. The van der Waals surface area contributed by atoms with E-state index in [1.807, 2.05) is 41.8 Å². The van der Waals surface area contributed by atoms with Crippen molar-refractivity contribution in [1.29, 1.82) is 0 Å². The zero-order valence-corrected chi connectivity index (χ0v) is 10.8. The lowest BCUT2D eigenvalue weighted by Crippen LogP contribution is -2.25. The summed E-state index contributed by atoms with van der Waals surface area (Å²) in [5.74, 6) is -0.762. The largest absolute Gasteiger partial charge is 0.481 e. The molecule has 0 radical (unpaired) electrons. The number of carboxylic acids is 1. The van der Waals surface area contributed by atoms with Gasteiger partial charge in [0.15, 0.2) is 0 Å². The Bertz CT molecular complexity index is 482. The molecule has 0 saturated carbocycles. The predicted octanol–water partition coefficient (Wildman–Crippen LogP) is 3.23. The van der Waals surface area contributed by atoms with Crippen LogP contribution in [0.2, 0.25) is 0 Å². The maximum absolute atomic E-state index is 10.7. The molecule has 1 heterocycles. The van der Waals surface area contributed by atoms with Gasteiger partial charge in [0.2, 0.25) is 0 Å². The molecule has 2 aromatic rings. The van der Waals surface area contributed by atoms with Gasteiger partial charge in [-0.3, -0.25) is 4.79 Å². The minimum atomic E-state index is -0.762. The highest BCUT2D eigenvalue weighted by Crippen LogP contribution is 2.19. The highest BCUT2D eigenvalue weighted by molar-refractivity contribution is 7.09. The number of thiophene rings is 1. The molecule has 1 N–H and O–H groups in total. The van der Waals surface area contributed by atoms with Crippen LogP contribution in [0.15, 0.2) is 47.8 Å². The molecule has 1 aromatic heterocycles. The number of nitrogens with zero attached hydrogens (tertiary/aromatic N) is 1. The number of rotatable bonds is 6. The van der Waals surface area contributed by atoms with Gasteiger partial charge in [-0.15, -0.1) is 11.3 Å². The number of benzene rings is 1. The van der Waals surface area contributed by atoms with Crippen molar-refractivity contribution in [2.75, 3.05) is 11.4 Å². The fraction of sp³-hybridized carbons (Fsp3) is 0.214. The lowest BCUT2D eigenvalue weighted by Gasteiger charge is -2.23. The summed E-state index contributed by atoms with van der Waals surface area (Å²) in [5, 5.41) is 10.8. The van der Waals surface area contributed by atoms with Crippen LogP contribution in [0.1, 0.15) is 11.3 Å². The minimum Gasteiger partial charge on any atom is -0.481 e. The van der Waals surface area contributed by atoms with Crippen molar-refractivity contribution in [3.63, 3.8) is 0 Å². The molecule has 0 spiro atoms. The maximum atomic E-state index is 10.7. The molecule has 0 unspecified atom stereocenters. The maximum Gasteiger partial charge on any atom is 0.305 e. The van der Waals surface area contributed by atoms with E-state index in [-0.39, 0.29) is 6.42 Å². The van der Waals surface area contributed by atoms with E-state index in [1.165, 1.54) is 4.88 Å². The summed E-state index contributed by atoms with van der Waals surface area (Å²) in [6.45, 7) is 1.28. The Labute approximate surface area is 110 Å². The van der Waals surface area contributed by atoms with E-state index in [0.29, 0.717) is 6.54 Å². The molecule has 94 valence electrons. The molecule has 1 aromatic carbocycles. The first kappa shape index (κ1) is 12.6. The Morgan fingerprint density at radius 1 is 1.17 bits per heavy atom. The van der Waals surface area contributed by atoms with Gasteiger partial charge in [0.05, 0.1) is 13.0 Å². The van der Waals surface area contributed by atoms with Crippen LogP contribution in [-0.4, -0.2) is 17.6 Å². The average Bonchev–Trinajstić information content (AvgIpc) is 2.88. The van der Waals surface area contributed by atoms with Gasteiger partial charge in [0, 0.05) is 17.1 Å². The molecule has 0 aliphatic rings. The van der Waals surface area contributed by atoms with Gasteiger partial charge < -0.3 is 10.0 Å². The number of aliphatic carboxylic acids is 1. The summed E-state index contributed by atoms with van der Waals surface area (Å²) in [4.78, 5) is 14.1. The molecular weight excluding hydrogens is 246 g/mol. The molecule has 0 bridgehead atoms. The third kappa shape index (κ3) is 3.60. The van der Waals surface area contributed by atoms with Crippen molar-refractivity contribution >= 4 is 23.0 Å². The quantitative estimate of drug-likeness (QED) is 0.868. The predicted molar refractivity (Wildman–Crippen MR) is 74.1 cm³/mol. The molecule has 0 aliphatic carbocycles. The van der Waals surface area contributed by atoms with E-state index in [0.717, 1.165) is 12.2 Å². The first-order valence-corrected chi connectivity index (χ1v) is 6.68. The van der Waals surface area contributed by atoms with Crippen molar-refractivity contribution < 1.29 is 9.90 Å². The minimum absolute atomic E-state index is 0.153. The van der Waals surface area contributed by atoms with Gasteiger partial charge in [-0.2, -0.15) is 0 Å². The molecule has 2 rings (SSSR count). The topological polar surface area (TPSA) is 40.5 Å². The summed E-state index contributed by atoms with van der Waals surface area (Å²) >= 11 is 1.69. The summed E-state index contributed by atoms with van der Waals surface area (Å²) in [5.41, 5.74) is 1.06. The molecule has 4 heteroatoms. The standard InChI is InChI=1S/C14H15NO2S/c16-14(17)8-9-15(11-13-7-4-10-18-13)12-5-2-1-3-6-12/h1-7,10H,8-9,11H2,(H,16,17). The lowest BCUT2D eigenvalue weighted by molar-refractivity contribution is -0.136. The van der Waals surface area contributed by atoms with Gasteiger partial charge in [-0.1, -0.05) is 24.3 Å². The molecule has 0 saturated heterocycles. The van der Waals surface area contributed by atoms with Gasteiger partial charge in [-0.25, -0.2) is 0 Å². The summed E-state index contributed by atoms with van der Waals surface area (Å²) in [6.07, 6.45) is 0.153. The highest BCUT2D eigenvalue weighted by atomic mass is 32.1. The van der Waals surface area contributed by atoms with Gasteiger partial charge in [-0.05, 0) is 23.6 Å². The average molecular weight is 261 g/mol. The Morgan fingerprint density at radius 3 is 2.56 bits per heavy atom. The second kappa shape index (κ2) is 6.21. The van der Waals surface area contributed by atoms with Gasteiger partial charge in [0.25, 0.3) is 0 Å². The van der Waals surface area contributed by atoms with E-state index in [1.54, 1.807) is 11.3 Å². The fourth-order valence-corrected chi connectivity index (χ4v) is 2.48. The zero-order chi connectivity index (χ0) is 12.8. The molecule has 3 nitrogen and oxygen atoms in total. The highest BCUT2D eigenvalue weighted by Gasteiger charge is 2.09. The van der Waals surface area contributed by atoms with Gasteiger partial charge in [0.1, 0.15) is 0 Å². The van der Waals surface area contributed by atoms with E-state index in [2.05, 4.69) is 11.0 Å². The number of carboxylic acid groups (broad SMARTS) is 1. The monoisotopic (exact) mass is 261 g/mol. The van der Waals surface area contributed by atoms with Crippen LogP contribution in [0.25, 0.3) is 0 Å². The van der Waals surface area contributed by atoms with Crippen LogP contribution in [0.3, 0.4) is 0 Å². The van der Waals surface area contributed by atoms with Crippen LogP contribution in [0.4, 0.5) is 5.69 Å². The van der Waals surface area contributed by atoms with E-state index >= 15 is 0 Å². The fourth-order valence-electron chi connectivity index (χ4n) is 1.76. The number of carbonyl (C=O) groups is 1. The Kier molecular flexibility index (Phi) is 4.36. The molecule has 0 atom stereocenters. The van der Waals surface area contributed by atoms with Crippen LogP contribution < -0.4 is 4.90 Å². The Hall–Kier alpha value is -1.81. The number of anilines is 1. The van der Waals surface area contributed by atoms with Crippen molar-refractivity contribution in [3.8, 4) is 0 Å². The Balaban J connectivity index is 2.10. The first-order chi connectivity index (χ1) is 8.75. The molecule has 0 aliphatic heterocycles. The number of hydrogen-bond donors (Lipinski definition) is 1. The summed E-state index contributed by atoms with van der Waals surface area (Å²) in [6, 6.07) is 14.0. The van der Waals surface area contributed by atoms with Gasteiger partial charge >= 0.3 is 5.97 Å². The van der Waals surface area contributed by atoms with Crippen LogP contribution in [-0.2, 0) is 11.3 Å². The normalized spacial score (nSPS) is 10.2. The van der Waals surface area contributed by atoms with E-state index in [4.69, 9.17) is 5.11 Å². The SMILES string of the molecule is O=C(O)CCN(Cc1cccs1)c1ccccc1. The third-order valence-corrected chi connectivity index (χ3v) is 3.50. The zero-order valence-electron chi connectivity index (χ0n) is 9.95. The number of para-hydroxylation sites is 1. The molecule has 0 fully saturated rings. The first-order valence-electron chi connectivity index (χ1n) is 5.80. The van der Waals surface area contributed by atoms with E-state index in [9.17, 15) is 4.79 Å². The molecule has 0 amide bonds. The van der Waals surface area contributed by atoms with Crippen molar-refractivity contribution in [2.45, 2.75) is 13.0 Å².